The lowest BCUT2D eigenvalue weighted by molar-refractivity contribution is -0.136. The maximum atomic E-state index is 13.3. The van der Waals surface area contributed by atoms with Gasteiger partial charge in [-0.1, -0.05) is 18.9 Å². The first-order valence-corrected chi connectivity index (χ1v) is 18.8. The standard InChI is InChI=1S/C40H43N9O5/c1-24-8-7-18-47(24)23-34-44-29-13-12-27(21-31(29)45-34)43-37(51)25-11-14-32-26(20-25)22-42-48(32)19-5-3-2-4-17-41-30-10-6-9-28-36(30)40(54)49(39(28)53)33-15-16-35(50)46-38(33)52/h6,9-14,20-22,24,33,41H,2-5,7-8,15-19,23H2,1H3,(H,43,51)(H,44,45)(H,46,50,52)/t24-,33?/m0/s1. The van der Waals surface area contributed by atoms with Gasteiger partial charge in [-0.2, -0.15) is 5.10 Å². The van der Waals surface area contributed by atoms with Gasteiger partial charge in [0.1, 0.15) is 11.9 Å². The number of aromatic amines is 1. The van der Waals surface area contributed by atoms with Crippen molar-refractivity contribution < 1.29 is 24.0 Å². The van der Waals surface area contributed by atoms with E-state index in [4.69, 9.17) is 4.98 Å². The molecule has 4 N–H and O–H groups in total. The maximum Gasteiger partial charge on any atom is 0.264 e. The molecule has 1 unspecified atom stereocenters. The number of H-pyrrole nitrogens is 1. The largest absolute Gasteiger partial charge is 0.384 e. The van der Waals surface area contributed by atoms with Crippen molar-refractivity contribution in [1.82, 2.24) is 34.9 Å². The van der Waals surface area contributed by atoms with Crippen LogP contribution in [0.25, 0.3) is 21.9 Å². The Hall–Kier alpha value is -5.89. The van der Waals surface area contributed by atoms with Gasteiger partial charge in [0.05, 0.1) is 40.4 Å². The molecule has 0 aliphatic carbocycles. The summed E-state index contributed by atoms with van der Waals surface area (Å²) < 4.78 is 1.96. The molecule has 5 heterocycles. The molecule has 8 rings (SSSR count). The minimum absolute atomic E-state index is 0.0798. The monoisotopic (exact) mass is 729 g/mol. The second kappa shape index (κ2) is 14.9. The van der Waals surface area contributed by atoms with E-state index in [1.54, 1.807) is 24.4 Å². The lowest BCUT2D eigenvalue weighted by Gasteiger charge is -2.27. The molecule has 3 aromatic carbocycles. The predicted molar refractivity (Wildman–Crippen MR) is 203 cm³/mol. The first-order valence-electron chi connectivity index (χ1n) is 18.8. The number of fused-ring (bicyclic) bond motifs is 3. The van der Waals surface area contributed by atoms with Crippen molar-refractivity contribution in [1.29, 1.82) is 0 Å². The number of imidazole rings is 1. The molecule has 0 radical (unpaired) electrons. The van der Waals surface area contributed by atoms with Crippen molar-refractivity contribution in [2.75, 3.05) is 23.7 Å². The molecule has 5 amide bonds. The van der Waals surface area contributed by atoms with Crippen LogP contribution >= 0.6 is 0 Å². The predicted octanol–water partition coefficient (Wildman–Crippen LogP) is 5.22. The molecule has 14 nitrogen and oxygen atoms in total. The molecule has 278 valence electrons. The Labute approximate surface area is 311 Å². The summed E-state index contributed by atoms with van der Waals surface area (Å²) in [5, 5.41) is 14.0. The number of hydrogen-bond donors (Lipinski definition) is 4. The number of piperidine rings is 1. The summed E-state index contributed by atoms with van der Waals surface area (Å²) in [4.78, 5) is 75.2. The van der Waals surface area contributed by atoms with Crippen molar-refractivity contribution in [2.24, 2.45) is 0 Å². The fourth-order valence-electron chi connectivity index (χ4n) is 7.87. The number of unbranched alkanes of at least 4 members (excludes halogenated alkanes) is 3. The quantitative estimate of drug-likeness (QED) is 0.0936. The Morgan fingerprint density at radius 3 is 2.67 bits per heavy atom. The first-order chi connectivity index (χ1) is 26.2. The molecule has 2 fully saturated rings. The van der Waals surface area contributed by atoms with Crippen molar-refractivity contribution in [2.45, 2.75) is 83.5 Å². The maximum absolute atomic E-state index is 13.3. The number of rotatable bonds is 13. The molecule has 3 aliphatic heterocycles. The number of benzene rings is 3. The molecule has 5 aromatic rings. The minimum Gasteiger partial charge on any atom is -0.384 e. The number of hydrogen-bond acceptors (Lipinski definition) is 9. The molecule has 2 aromatic heterocycles. The van der Waals surface area contributed by atoms with Crippen LogP contribution in [-0.4, -0.2) is 84.3 Å². The lowest BCUT2D eigenvalue weighted by atomic mass is 10.0. The molecule has 2 saturated heterocycles. The second-order valence-electron chi connectivity index (χ2n) is 14.5. The van der Waals surface area contributed by atoms with Crippen LogP contribution in [0.4, 0.5) is 11.4 Å². The molecular formula is C40H43N9O5. The van der Waals surface area contributed by atoms with Gasteiger partial charge >= 0.3 is 0 Å². The summed E-state index contributed by atoms with van der Waals surface area (Å²) in [6, 6.07) is 16.0. The highest BCUT2D eigenvalue weighted by atomic mass is 16.2. The summed E-state index contributed by atoms with van der Waals surface area (Å²) in [5.74, 6) is -1.31. The third kappa shape index (κ3) is 6.96. The Morgan fingerprint density at radius 2 is 1.83 bits per heavy atom. The fourth-order valence-corrected chi connectivity index (χ4v) is 7.87. The number of aryl methyl sites for hydroxylation is 1. The average Bonchev–Trinajstić information content (AvgIpc) is 3.93. The molecule has 0 bridgehead atoms. The summed E-state index contributed by atoms with van der Waals surface area (Å²) >= 11 is 0. The zero-order valence-electron chi connectivity index (χ0n) is 30.2. The minimum atomic E-state index is -0.992. The van der Waals surface area contributed by atoms with Crippen LogP contribution in [-0.2, 0) is 22.7 Å². The summed E-state index contributed by atoms with van der Waals surface area (Å²) in [6.07, 6.45) is 8.12. The molecule has 54 heavy (non-hydrogen) atoms. The van der Waals surface area contributed by atoms with Gasteiger partial charge in [0.25, 0.3) is 17.7 Å². The number of nitrogens with one attached hydrogen (secondary N) is 4. The fraction of sp³-hybridized carbons (Fsp3) is 0.375. The van der Waals surface area contributed by atoms with Crippen LogP contribution in [0.1, 0.15) is 95.2 Å². The second-order valence-corrected chi connectivity index (χ2v) is 14.5. The van der Waals surface area contributed by atoms with E-state index in [0.717, 1.165) is 78.0 Å². The van der Waals surface area contributed by atoms with E-state index < -0.39 is 29.7 Å². The number of likely N-dealkylation sites (tertiary alicyclic amines) is 1. The van der Waals surface area contributed by atoms with Crippen LogP contribution in [0.3, 0.4) is 0 Å². The molecule has 0 saturated carbocycles. The van der Waals surface area contributed by atoms with Gasteiger partial charge in [0.15, 0.2) is 0 Å². The van der Waals surface area contributed by atoms with Crippen LogP contribution < -0.4 is 16.0 Å². The van der Waals surface area contributed by atoms with E-state index in [2.05, 4.69) is 37.9 Å². The number of imide groups is 2. The third-order valence-corrected chi connectivity index (χ3v) is 10.8. The molecular weight excluding hydrogens is 686 g/mol. The number of nitrogens with zero attached hydrogens (tertiary/aromatic N) is 5. The number of carbonyl (C=O) groups is 5. The summed E-state index contributed by atoms with van der Waals surface area (Å²) in [5.41, 5.74) is 5.10. The van der Waals surface area contributed by atoms with Gasteiger partial charge in [0, 0.05) is 47.9 Å². The van der Waals surface area contributed by atoms with Crippen molar-refractivity contribution in [3.8, 4) is 0 Å². The number of anilines is 2. The van der Waals surface area contributed by atoms with Gasteiger partial charge in [0.2, 0.25) is 11.8 Å². The molecule has 0 spiro atoms. The van der Waals surface area contributed by atoms with Crippen molar-refractivity contribution in [3.05, 3.63) is 83.3 Å². The Kier molecular flexibility index (Phi) is 9.67. The van der Waals surface area contributed by atoms with E-state index in [1.807, 2.05) is 41.1 Å². The van der Waals surface area contributed by atoms with Crippen LogP contribution in [0.5, 0.6) is 0 Å². The lowest BCUT2D eigenvalue weighted by Crippen LogP contribution is -2.54. The van der Waals surface area contributed by atoms with Crippen LogP contribution in [0, 0.1) is 0 Å². The zero-order chi connectivity index (χ0) is 37.3. The molecule has 2 atom stereocenters. The number of amides is 5. The van der Waals surface area contributed by atoms with E-state index >= 15 is 0 Å². The highest BCUT2D eigenvalue weighted by molar-refractivity contribution is 6.25. The van der Waals surface area contributed by atoms with Gasteiger partial charge in [-0.3, -0.25) is 43.8 Å². The van der Waals surface area contributed by atoms with Crippen LogP contribution in [0.15, 0.2) is 60.8 Å². The normalized spacial score (nSPS) is 18.9. The number of carbonyl (C=O) groups excluding carboxylic acids is 5. The van der Waals surface area contributed by atoms with E-state index in [1.165, 1.54) is 12.8 Å². The van der Waals surface area contributed by atoms with Gasteiger partial charge in [-0.15, -0.1) is 0 Å². The molecule has 3 aliphatic rings. The highest BCUT2D eigenvalue weighted by Crippen LogP contribution is 2.32. The topological polar surface area (TPSA) is 174 Å². The van der Waals surface area contributed by atoms with Crippen LogP contribution in [0.2, 0.25) is 0 Å². The van der Waals surface area contributed by atoms with Gasteiger partial charge in [-0.05, 0) is 94.1 Å². The SMILES string of the molecule is C[C@H]1CCCN1Cc1nc2ccc(NC(=O)c3ccc4c(cnn4CCCCCCNc4cccc5c4C(=O)N(C4CCC(=O)NC4=O)C5=O)c3)cc2[nH]1. The smallest absolute Gasteiger partial charge is 0.264 e. The Balaban J connectivity index is 0.800. The van der Waals surface area contributed by atoms with E-state index in [9.17, 15) is 24.0 Å². The number of aromatic nitrogens is 4. The average molecular weight is 730 g/mol. The third-order valence-electron chi connectivity index (χ3n) is 10.8. The van der Waals surface area contributed by atoms with Gasteiger partial charge < -0.3 is 15.6 Å². The van der Waals surface area contributed by atoms with Crippen molar-refractivity contribution >= 4 is 62.8 Å². The summed E-state index contributed by atoms with van der Waals surface area (Å²) in [7, 11) is 0. The highest BCUT2D eigenvalue weighted by Gasteiger charge is 2.45. The Bertz CT molecular complexity index is 2290. The van der Waals surface area contributed by atoms with Crippen molar-refractivity contribution in [3.63, 3.8) is 0 Å². The van der Waals surface area contributed by atoms with E-state index in [-0.39, 0.29) is 29.9 Å². The van der Waals surface area contributed by atoms with Gasteiger partial charge in [-0.25, -0.2) is 4.98 Å². The molecule has 14 heteroatoms. The Morgan fingerprint density at radius 1 is 0.963 bits per heavy atom. The first kappa shape index (κ1) is 35.2. The van der Waals surface area contributed by atoms with E-state index in [0.29, 0.717) is 29.5 Å². The summed E-state index contributed by atoms with van der Waals surface area (Å²) in [6.45, 7) is 5.50. The zero-order valence-corrected chi connectivity index (χ0v) is 30.2.